The number of ether oxygens (including phenoxy) is 1. The number of aryl methyl sites for hydroxylation is 1. The number of hydrogen-bond acceptors (Lipinski definition) is 6. The molecule has 3 N–H and O–H groups in total. The third kappa shape index (κ3) is 5.82. The van der Waals surface area contributed by atoms with Gasteiger partial charge in [0.25, 0.3) is 5.91 Å². The summed E-state index contributed by atoms with van der Waals surface area (Å²) >= 11 is 0. The van der Waals surface area contributed by atoms with E-state index in [4.69, 9.17) is 14.8 Å². The smallest absolute Gasteiger partial charge is 0.251 e. The first-order valence-corrected chi connectivity index (χ1v) is 14.8. The molecule has 1 unspecified atom stereocenters. The highest BCUT2D eigenvalue weighted by Gasteiger charge is 2.28. The van der Waals surface area contributed by atoms with Crippen molar-refractivity contribution >= 4 is 17.4 Å². The molecular formula is C31H41N5O3. The van der Waals surface area contributed by atoms with Gasteiger partial charge in [0, 0.05) is 48.7 Å². The van der Waals surface area contributed by atoms with E-state index in [0.717, 1.165) is 111 Å². The van der Waals surface area contributed by atoms with Gasteiger partial charge in [0.15, 0.2) is 5.65 Å². The van der Waals surface area contributed by atoms with Crippen molar-refractivity contribution in [1.29, 1.82) is 0 Å². The molecular weight excluding hydrogens is 490 g/mol. The lowest BCUT2D eigenvalue weighted by Gasteiger charge is -2.31. The van der Waals surface area contributed by atoms with Gasteiger partial charge in [0.2, 0.25) is 0 Å². The first-order valence-electron chi connectivity index (χ1n) is 14.8. The maximum atomic E-state index is 12.7. The molecule has 3 aromatic rings. The largest absolute Gasteiger partial charge is 0.393 e. The van der Waals surface area contributed by atoms with Crippen LogP contribution >= 0.6 is 0 Å². The van der Waals surface area contributed by atoms with Gasteiger partial charge in [0.05, 0.1) is 12.3 Å². The molecule has 8 heteroatoms. The van der Waals surface area contributed by atoms with E-state index in [9.17, 15) is 9.90 Å². The Morgan fingerprint density at radius 1 is 1.18 bits per heavy atom. The number of fused-ring (bicyclic) bond motifs is 1. The Morgan fingerprint density at radius 3 is 2.67 bits per heavy atom. The predicted octanol–water partition coefficient (Wildman–Crippen LogP) is 4.78. The third-order valence-electron chi connectivity index (χ3n) is 8.93. The van der Waals surface area contributed by atoms with Gasteiger partial charge in [-0.3, -0.25) is 4.79 Å². The van der Waals surface area contributed by atoms with Crippen molar-refractivity contribution in [2.45, 2.75) is 77.4 Å². The minimum Gasteiger partial charge on any atom is -0.393 e. The summed E-state index contributed by atoms with van der Waals surface area (Å²) in [5, 5.41) is 21.2. The Labute approximate surface area is 230 Å². The molecule has 1 aromatic carbocycles. The zero-order valence-electron chi connectivity index (χ0n) is 23.2. The average Bonchev–Trinajstić information content (AvgIpc) is 3.64. The van der Waals surface area contributed by atoms with Gasteiger partial charge in [-0.2, -0.15) is 9.61 Å². The second kappa shape index (κ2) is 11.3. The molecule has 1 aliphatic heterocycles. The topological polar surface area (TPSA) is 101 Å². The second-order valence-corrected chi connectivity index (χ2v) is 11.9. The van der Waals surface area contributed by atoms with Crippen LogP contribution in [0, 0.1) is 24.7 Å². The van der Waals surface area contributed by atoms with Crippen LogP contribution in [0.25, 0.3) is 16.8 Å². The molecule has 3 fully saturated rings. The standard InChI is InChI=1S/C31H41N5O3/c1-3-21(22-8-10-39-11-9-22)15-25-16-29(32-17-20-13-26(37)14-20)36-30(34-25)28(18-33-36)23-4-7-27(19(2)12-23)31(38)35-24-5-6-24/h4,7,12,16,18,20-22,24,26,32,37H,3,5-6,8-11,13-15,17H2,1-2H3,(H,35,38). The second-order valence-electron chi connectivity index (χ2n) is 11.9. The number of carbonyl (C=O) groups excluding carboxylic acids is 1. The van der Waals surface area contributed by atoms with Crippen LogP contribution in [0.5, 0.6) is 0 Å². The van der Waals surface area contributed by atoms with Gasteiger partial charge in [0.1, 0.15) is 5.82 Å². The van der Waals surface area contributed by atoms with Crippen molar-refractivity contribution < 1.29 is 14.6 Å². The molecule has 2 aromatic heterocycles. The number of benzene rings is 1. The Kier molecular flexibility index (Phi) is 7.58. The third-order valence-corrected chi connectivity index (χ3v) is 8.93. The highest BCUT2D eigenvalue weighted by atomic mass is 16.5. The molecule has 6 rings (SSSR count). The van der Waals surface area contributed by atoms with E-state index < -0.39 is 0 Å². The minimum absolute atomic E-state index is 0.00754. The van der Waals surface area contributed by atoms with Crippen molar-refractivity contribution in [3.05, 3.63) is 47.3 Å². The summed E-state index contributed by atoms with van der Waals surface area (Å²) < 4.78 is 7.54. The highest BCUT2D eigenvalue weighted by Crippen LogP contribution is 2.33. The molecule has 3 heterocycles. The number of amides is 1. The normalized spacial score (nSPS) is 22.4. The molecule has 8 nitrogen and oxygen atoms in total. The SMILES string of the molecule is CCC(Cc1cc(NCC2CC(O)C2)n2ncc(-c3ccc(C(=O)NC4CC4)c(C)c3)c2n1)C1CCOCC1. The maximum absolute atomic E-state index is 12.7. The summed E-state index contributed by atoms with van der Waals surface area (Å²) in [6, 6.07) is 8.51. The van der Waals surface area contributed by atoms with E-state index in [1.807, 2.05) is 29.8 Å². The summed E-state index contributed by atoms with van der Waals surface area (Å²) in [6.07, 6.45) is 9.85. The van der Waals surface area contributed by atoms with Gasteiger partial charge in [-0.25, -0.2) is 4.98 Å². The number of aromatic nitrogens is 3. The molecule has 1 atom stereocenters. The van der Waals surface area contributed by atoms with Crippen molar-refractivity contribution in [2.24, 2.45) is 17.8 Å². The minimum atomic E-state index is -0.163. The van der Waals surface area contributed by atoms with E-state index in [-0.39, 0.29) is 12.0 Å². The molecule has 39 heavy (non-hydrogen) atoms. The maximum Gasteiger partial charge on any atom is 0.251 e. The number of rotatable bonds is 10. The van der Waals surface area contributed by atoms with Gasteiger partial charge >= 0.3 is 0 Å². The van der Waals surface area contributed by atoms with Crippen molar-refractivity contribution in [2.75, 3.05) is 25.1 Å². The monoisotopic (exact) mass is 531 g/mol. The summed E-state index contributed by atoms with van der Waals surface area (Å²) in [5.41, 5.74) is 5.57. The van der Waals surface area contributed by atoms with Gasteiger partial charge in [-0.05, 0) is 86.8 Å². The number of nitrogens with zero attached hydrogens (tertiary/aromatic N) is 3. The Hall–Kier alpha value is -2.97. The molecule has 2 saturated carbocycles. The number of aliphatic hydroxyl groups excluding tert-OH is 1. The van der Waals surface area contributed by atoms with Crippen LogP contribution < -0.4 is 10.6 Å². The Morgan fingerprint density at radius 2 is 1.97 bits per heavy atom. The first kappa shape index (κ1) is 26.3. The molecule has 208 valence electrons. The van der Waals surface area contributed by atoms with E-state index in [0.29, 0.717) is 23.8 Å². The first-order chi connectivity index (χ1) is 19.0. The lowest BCUT2D eigenvalue weighted by Crippen LogP contribution is -2.33. The molecule has 2 aliphatic carbocycles. The summed E-state index contributed by atoms with van der Waals surface area (Å²) in [4.78, 5) is 17.9. The zero-order chi connectivity index (χ0) is 26.9. The fourth-order valence-corrected chi connectivity index (χ4v) is 6.24. The zero-order valence-corrected chi connectivity index (χ0v) is 23.2. The molecule has 0 radical (unpaired) electrons. The van der Waals surface area contributed by atoms with Crippen LogP contribution in [0.3, 0.4) is 0 Å². The number of carbonyl (C=O) groups is 1. The molecule has 3 aliphatic rings. The average molecular weight is 532 g/mol. The molecule has 1 amide bonds. The number of aliphatic hydroxyl groups is 1. The van der Waals surface area contributed by atoms with E-state index in [1.165, 1.54) is 0 Å². The summed E-state index contributed by atoms with van der Waals surface area (Å²) in [7, 11) is 0. The predicted molar refractivity (Wildman–Crippen MR) is 152 cm³/mol. The lowest BCUT2D eigenvalue weighted by molar-refractivity contribution is 0.0456. The number of anilines is 1. The van der Waals surface area contributed by atoms with Gasteiger partial charge < -0.3 is 20.5 Å². The van der Waals surface area contributed by atoms with Crippen molar-refractivity contribution in [1.82, 2.24) is 19.9 Å². The summed E-state index contributed by atoms with van der Waals surface area (Å²) in [5.74, 6) is 2.66. The lowest BCUT2D eigenvalue weighted by atomic mass is 9.81. The van der Waals surface area contributed by atoms with Gasteiger partial charge in [-0.15, -0.1) is 0 Å². The van der Waals surface area contributed by atoms with Crippen molar-refractivity contribution in [3.8, 4) is 11.1 Å². The molecule has 0 bridgehead atoms. The van der Waals surface area contributed by atoms with Crippen LogP contribution in [0.15, 0.2) is 30.5 Å². The van der Waals surface area contributed by atoms with E-state index >= 15 is 0 Å². The number of hydrogen-bond donors (Lipinski definition) is 3. The molecule has 0 spiro atoms. The fourth-order valence-electron chi connectivity index (χ4n) is 6.24. The molecule has 1 saturated heterocycles. The van der Waals surface area contributed by atoms with Crippen LogP contribution in [-0.4, -0.2) is 57.5 Å². The fraction of sp³-hybridized carbons (Fsp3) is 0.581. The van der Waals surface area contributed by atoms with E-state index in [2.05, 4.69) is 29.7 Å². The Balaban J connectivity index is 1.31. The van der Waals surface area contributed by atoms with Crippen LogP contribution in [0.4, 0.5) is 5.82 Å². The highest BCUT2D eigenvalue weighted by molar-refractivity contribution is 5.97. The van der Waals surface area contributed by atoms with Gasteiger partial charge in [-0.1, -0.05) is 25.5 Å². The Bertz CT molecular complexity index is 1320. The van der Waals surface area contributed by atoms with Crippen LogP contribution in [0.2, 0.25) is 0 Å². The van der Waals surface area contributed by atoms with Crippen LogP contribution in [-0.2, 0) is 11.2 Å². The van der Waals surface area contributed by atoms with Crippen molar-refractivity contribution in [3.63, 3.8) is 0 Å². The van der Waals surface area contributed by atoms with E-state index in [1.54, 1.807) is 0 Å². The van der Waals surface area contributed by atoms with Crippen LogP contribution in [0.1, 0.15) is 73.5 Å². The quantitative estimate of drug-likeness (QED) is 0.348. The number of nitrogens with one attached hydrogen (secondary N) is 2. The summed E-state index contributed by atoms with van der Waals surface area (Å²) in [6.45, 7) is 6.80.